The third-order valence-corrected chi connectivity index (χ3v) is 4.22. The van der Waals surface area contributed by atoms with Crippen LogP contribution in [-0.4, -0.2) is 39.8 Å². The minimum Gasteiger partial charge on any atom is -0.496 e. The summed E-state index contributed by atoms with van der Waals surface area (Å²) >= 11 is 0. The molecule has 0 atom stereocenters. The minimum atomic E-state index is -0.791. The van der Waals surface area contributed by atoms with Gasteiger partial charge in [0.25, 0.3) is 5.91 Å². The van der Waals surface area contributed by atoms with Crippen molar-refractivity contribution >= 4 is 28.5 Å². The van der Waals surface area contributed by atoms with Crippen LogP contribution in [0.5, 0.6) is 17.2 Å². The summed E-state index contributed by atoms with van der Waals surface area (Å²) in [4.78, 5) is 24.8. The van der Waals surface area contributed by atoms with Crippen LogP contribution in [0.25, 0.3) is 11.0 Å². The number of esters is 1. The number of amides is 1. The molecule has 3 aromatic rings. The summed E-state index contributed by atoms with van der Waals surface area (Å²) in [6, 6.07) is 11.6. The van der Waals surface area contributed by atoms with E-state index in [9.17, 15) is 14.9 Å². The quantitative estimate of drug-likeness (QED) is 0.590. The predicted octanol–water partition coefficient (Wildman–Crippen LogP) is 3.13. The zero-order valence-electron chi connectivity index (χ0n) is 16.5. The second kappa shape index (κ2) is 8.87. The van der Waals surface area contributed by atoms with Gasteiger partial charge in [-0.15, -0.1) is 0 Å². The topological polar surface area (TPSA) is 120 Å². The first kappa shape index (κ1) is 20.5. The monoisotopic (exact) mass is 410 g/mol. The Labute approximate surface area is 171 Å². The van der Waals surface area contributed by atoms with Crippen LogP contribution in [0, 0.1) is 11.3 Å². The van der Waals surface area contributed by atoms with Crippen LogP contribution in [0.2, 0.25) is 0 Å². The highest BCUT2D eigenvalue weighted by atomic mass is 16.5. The highest BCUT2D eigenvalue weighted by molar-refractivity contribution is 6.04. The molecule has 1 aromatic heterocycles. The van der Waals surface area contributed by atoms with Gasteiger partial charge in [-0.05, 0) is 12.1 Å². The summed E-state index contributed by atoms with van der Waals surface area (Å²) in [6.45, 7) is -0.583. The molecule has 0 aliphatic rings. The van der Waals surface area contributed by atoms with Crippen molar-refractivity contribution in [2.75, 3.05) is 33.3 Å². The summed E-state index contributed by atoms with van der Waals surface area (Å²) in [5.41, 5.74) is 0.740. The Balaban J connectivity index is 1.74. The number of carbonyl (C=O) groups excluding carboxylic acids is 2. The molecule has 1 N–H and O–H groups in total. The van der Waals surface area contributed by atoms with Crippen LogP contribution in [0.15, 0.2) is 40.8 Å². The molecule has 0 spiro atoms. The first-order valence-electron chi connectivity index (χ1n) is 8.71. The number of rotatable bonds is 7. The summed E-state index contributed by atoms with van der Waals surface area (Å²) in [7, 11) is 4.27. The normalized spacial score (nSPS) is 10.2. The Kier molecular flexibility index (Phi) is 6.08. The van der Waals surface area contributed by atoms with Crippen molar-refractivity contribution < 1.29 is 33.0 Å². The molecule has 3 rings (SSSR count). The minimum absolute atomic E-state index is 0.0440. The maximum Gasteiger partial charge on any atom is 0.342 e. The number of fused-ring (bicyclic) bond motifs is 1. The Morgan fingerprint density at radius 3 is 2.37 bits per heavy atom. The molecule has 9 nitrogen and oxygen atoms in total. The van der Waals surface area contributed by atoms with E-state index in [4.69, 9.17) is 23.4 Å². The number of furan rings is 1. The van der Waals surface area contributed by atoms with E-state index in [-0.39, 0.29) is 22.8 Å². The number of carbonyl (C=O) groups is 2. The fourth-order valence-electron chi connectivity index (χ4n) is 2.82. The molecule has 0 radical (unpaired) electrons. The van der Waals surface area contributed by atoms with Crippen molar-refractivity contribution in [2.45, 2.75) is 0 Å². The lowest BCUT2D eigenvalue weighted by molar-refractivity contribution is -0.119. The van der Waals surface area contributed by atoms with E-state index in [1.165, 1.54) is 33.5 Å². The van der Waals surface area contributed by atoms with Crippen LogP contribution >= 0.6 is 0 Å². The second-order valence-electron chi connectivity index (χ2n) is 5.95. The van der Waals surface area contributed by atoms with Crippen molar-refractivity contribution in [1.82, 2.24) is 0 Å². The second-order valence-corrected chi connectivity index (χ2v) is 5.95. The van der Waals surface area contributed by atoms with Crippen molar-refractivity contribution in [1.29, 1.82) is 5.26 Å². The molecule has 0 fully saturated rings. The molecule has 0 saturated carbocycles. The van der Waals surface area contributed by atoms with Crippen LogP contribution in [0.4, 0.5) is 5.69 Å². The molecular formula is C21H18N2O7. The highest BCUT2D eigenvalue weighted by Gasteiger charge is 2.21. The lowest BCUT2D eigenvalue weighted by atomic mass is 10.1. The number of benzene rings is 2. The maximum atomic E-state index is 12.5. The number of ether oxygens (including phenoxy) is 4. The summed E-state index contributed by atoms with van der Waals surface area (Å²) in [5, 5.41) is 12.3. The van der Waals surface area contributed by atoms with Gasteiger partial charge in [0.15, 0.2) is 18.1 Å². The standard InChI is InChI=1S/C21H18N2O7/c1-26-15-9-17(28-3)16(27-2)8-13(15)21(25)29-11-19(24)23-20-12-6-4-5-7-14(12)30-18(20)10-22/h4-9H,11H2,1-3H3,(H,23,24). The summed E-state index contributed by atoms with van der Waals surface area (Å²) < 4.78 is 26.0. The number of hydrogen-bond acceptors (Lipinski definition) is 8. The maximum absolute atomic E-state index is 12.5. The van der Waals surface area contributed by atoms with Gasteiger partial charge in [0.05, 0.1) is 21.3 Å². The van der Waals surface area contributed by atoms with Gasteiger partial charge in [0.1, 0.15) is 28.7 Å². The van der Waals surface area contributed by atoms with E-state index >= 15 is 0 Å². The molecule has 154 valence electrons. The number of methoxy groups -OCH3 is 3. The fourth-order valence-corrected chi connectivity index (χ4v) is 2.82. The molecule has 1 heterocycles. The Hall–Kier alpha value is -4.19. The summed E-state index contributed by atoms with van der Waals surface area (Å²) in [6.07, 6.45) is 0. The van der Waals surface area contributed by atoms with Crippen molar-refractivity contribution in [3.8, 4) is 23.3 Å². The molecule has 0 aliphatic heterocycles. The third kappa shape index (κ3) is 3.98. The molecule has 0 saturated heterocycles. The third-order valence-electron chi connectivity index (χ3n) is 4.22. The average Bonchev–Trinajstić information content (AvgIpc) is 3.13. The number of nitrogens with zero attached hydrogens (tertiary/aromatic N) is 1. The molecular weight excluding hydrogens is 392 g/mol. The fraction of sp³-hybridized carbons (Fsp3) is 0.190. The van der Waals surface area contributed by atoms with Crippen molar-refractivity contribution in [3.05, 3.63) is 47.7 Å². The van der Waals surface area contributed by atoms with E-state index < -0.39 is 18.5 Å². The Bertz CT molecular complexity index is 1140. The Morgan fingerprint density at radius 1 is 1.03 bits per heavy atom. The van der Waals surface area contributed by atoms with Gasteiger partial charge in [0, 0.05) is 17.5 Å². The number of nitriles is 1. The molecule has 0 bridgehead atoms. The van der Waals surface area contributed by atoms with E-state index in [2.05, 4.69) is 5.32 Å². The van der Waals surface area contributed by atoms with Crippen LogP contribution in [0.1, 0.15) is 16.1 Å². The molecule has 30 heavy (non-hydrogen) atoms. The van der Waals surface area contributed by atoms with Gasteiger partial charge in [-0.25, -0.2) is 4.79 Å². The van der Waals surface area contributed by atoms with Crippen LogP contribution in [-0.2, 0) is 9.53 Å². The van der Waals surface area contributed by atoms with Crippen molar-refractivity contribution in [3.63, 3.8) is 0 Å². The van der Waals surface area contributed by atoms with Gasteiger partial charge < -0.3 is 28.7 Å². The zero-order chi connectivity index (χ0) is 21.7. The lowest BCUT2D eigenvalue weighted by Crippen LogP contribution is -2.21. The zero-order valence-corrected chi connectivity index (χ0v) is 16.5. The molecule has 0 aliphatic carbocycles. The van der Waals surface area contributed by atoms with E-state index in [1.807, 2.05) is 6.07 Å². The summed E-state index contributed by atoms with van der Waals surface area (Å²) in [5.74, 6) is -0.591. The van der Waals surface area contributed by atoms with Gasteiger partial charge in [0.2, 0.25) is 5.76 Å². The van der Waals surface area contributed by atoms with Gasteiger partial charge >= 0.3 is 5.97 Å². The first-order chi connectivity index (χ1) is 14.5. The van der Waals surface area contributed by atoms with E-state index in [1.54, 1.807) is 24.3 Å². The SMILES string of the molecule is COc1cc(OC)c(C(=O)OCC(=O)Nc2c(C#N)oc3ccccc23)cc1OC. The largest absolute Gasteiger partial charge is 0.496 e. The molecule has 2 aromatic carbocycles. The number of para-hydroxylation sites is 1. The van der Waals surface area contributed by atoms with E-state index in [0.29, 0.717) is 22.5 Å². The van der Waals surface area contributed by atoms with E-state index in [0.717, 1.165) is 0 Å². The van der Waals surface area contributed by atoms with Gasteiger partial charge in [-0.3, -0.25) is 4.79 Å². The predicted molar refractivity (Wildman–Crippen MR) is 106 cm³/mol. The average molecular weight is 410 g/mol. The number of hydrogen-bond donors (Lipinski definition) is 1. The smallest absolute Gasteiger partial charge is 0.342 e. The molecule has 1 amide bonds. The Morgan fingerprint density at radius 2 is 1.70 bits per heavy atom. The first-order valence-corrected chi connectivity index (χ1v) is 8.71. The van der Waals surface area contributed by atoms with Gasteiger partial charge in [-0.1, -0.05) is 12.1 Å². The number of nitrogens with one attached hydrogen (secondary N) is 1. The van der Waals surface area contributed by atoms with Gasteiger partial charge in [-0.2, -0.15) is 5.26 Å². The van der Waals surface area contributed by atoms with Crippen LogP contribution in [0.3, 0.4) is 0 Å². The lowest BCUT2D eigenvalue weighted by Gasteiger charge is -2.13. The molecule has 9 heteroatoms. The highest BCUT2D eigenvalue weighted by Crippen LogP contribution is 2.35. The van der Waals surface area contributed by atoms with Crippen molar-refractivity contribution in [2.24, 2.45) is 0 Å². The van der Waals surface area contributed by atoms with Crippen LogP contribution < -0.4 is 19.5 Å². The number of anilines is 1. The molecule has 0 unspecified atom stereocenters.